The van der Waals surface area contributed by atoms with Gasteiger partial charge < -0.3 is 0 Å². The Morgan fingerprint density at radius 2 is 2.44 bits per heavy atom. The van der Waals surface area contributed by atoms with Crippen LogP contribution >= 0.6 is 22.6 Å². The molecular formula is C6H9IN2. The minimum absolute atomic E-state index is 0.962. The molecule has 0 unspecified atom stereocenters. The van der Waals surface area contributed by atoms with Crippen molar-refractivity contribution in [2.45, 2.75) is 20.4 Å². The highest BCUT2D eigenvalue weighted by Crippen LogP contribution is 2.07. The van der Waals surface area contributed by atoms with Gasteiger partial charge in [-0.25, -0.2) is 0 Å². The molecule has 3 heteroatoms. The summed E-state index contributed by atoms with van der Waals surface area (Å²) in [5, 5.41) is 4.24. The third-order valence-corrected chi connectivity index (χ3v) is 2.27. The van der Waals surface area contributed by atoms with Crippen molar-refractivity contribution in [1.82, 2.24) is 9.78 Å². The molecule has 0 bridgehead atoms. The standard InChI is InChI=1S/C6H9IN2/c1-3-9-4-6(7)5(2)8-9/h4H,3H2,1-2H3. The molecule has 0 aliphatic rings. The van der Waals surface area contributed by atoms with Crippen LogP contribution in [0.3, 0.4) is 0 Å². The Kier molecular flexibility index (Phi) is 2.10. The second-order valence-electron chi connectivity index (χ2n) is 1.92. The maximum absolute atomic E-state index is 4.24. The molecule has 9 heavy (non-hydrogen) atoms. The molecule has 50 valence electrons. The fraction of sp³-hybridized carbons (Fsp3) is 0.500. The lowest BCUT2D eigenvalue weighted by Gasteiger charge is -1.88. The highest BCUT2D eigenvalue weighted by Gasteiger charge is 1.97. The lowest BCUT2D eigenvalue weighted by Crippen LogP contribution is -1.93. The first-order valence-electron chi connectivity index (χ1n) is 2.93. The van der Waals surface area contributed by atoms with Crippen molar-refractivity contribution in [1.29, 1.82) is 0 Å². The molecule has 0 spiro atoms. The average molecular weight is 236 g/mol. The second kappa shape index (κ2) is 2.68. The van der Waals surface area contributed by atoms with Crippen LogP contribution in [-0.2, 0) is 6.54 Å². The Labute approximate surface area is 68.4 Å². The predicted molar refractivity (Wildman–Crippen MR) is 45.4 cm³/mol. The molecule has 1 aromatic heterocycles. The molecule has 0 saturated carbocycles. The number of rotatable bonds is 1. The van der Waals surface area contributed by atoms with Crippen molar-refractivity contribution in [2.75, 3.05) is 0 Å². The van der Waals surface area contributed by atoms with E-state index in [0.29, 0.717) is 0 Å². The van der Waals surface area contributed by atoms with Crippen molar-refractivity contribution in [3.05, 3.63) is 15.5 Å². The smallest absolute Gasteiger partial charge is 0.0727 e. The summed E-state index contributed by atoms with van der Waals surface area (Å²) in [4.78, 5) is 0. The van der Waals surface area contributed by atoms with E-state index in [4.69, 9.17) is 0 Å². The zero-order chi connectivity index (χ0) is 6.85. The van der Waals surface area contributed by atoms with E-state index in [1.165, 1.54) is 3.57 Å². The molecule has 0 saturated heterocycles. The van der Waals surface area contributed by atoms with E-state index in [1.54, 1.807) is 0 Å². The lowest BCUT2D eigenvalue weighted by molar-refractivity contribution is 0.653. The average Bonchev–Trinajstić information content (AvgIpc) is 2.13. The molecule has 1 aromatic rings. The van der Waals surface area contributed by atoms with Gasteiger partial charge in [-0.05, 0) is 36.4 Å². The molecule has 0 aromatic carbocycles. The number of aryl methyl sites for hydroxylation is 2. The van der Waals surface area contributed by atoms with Crippen LogP contribution in [0.2, 0.25) is 0 Å². The van der Waals surface area contributed by atoms with Gasteiger partial charge >= 0.3 is 0 Å². The second-order valence-corrected chi connectivity index (χ2v) is 3.08. The normalized spacial score (nSPS) is 10.1. The van der Waals surface area contributed by atoms with Gasteiger partial charge in [-0.3, -0.25) is 4.68 Å². The van der Waals surface area contributed by atoms with Crippen molar-refractivity contribution in [3.63, 3.8) is 0 Å². The van der Waals surface area contributed by atoms with Gasteiger partial charge in [0.05, 0.1) is 9.26 Å². The van der Waals surface area contributed by atoms with Crippen LogP contribution in [0.1, 0.15) is 12.6 Å². The first-order chi connectivity index (χ1) is 4.24. The topological polar surface area (TPSA) is 17.8 Å². The van der Waals surface area contributed by atoms with Crippen LogP contribution in [0.4, 0.5) is 0 Å². The SMILES string of the molecule is CCn1cc(I)c(C)n1. The number of halogens is 1. The van der Waals surface area contributed by atoms with E-state index >= 15 is 0 Å². The number of aromatic nitrogens is 2. The summed E-state index contributed by atoms with van der Waals surface area (Å²) in [6.07, 6.45) is 2.05. The minimum Gasteiger partial charge on any atom is -0.272 e. The van der Waals surface area contributed by atoms with Gasteiger partial charge in [-0.2, -0.15) is 5.10 Å². The van der Waals surface area contributed by atoms with E-state index < -0.39 is 0 Å². The summed E-state index contributed by atoms with van der Waals surface area (Å²) in [5.74, 6) is 0. The zero-order valence-corrected chi connectivity index (χ0v) is 7.71. The first-order valence-corrected chi connectivity index (χ1v) is 4.01. The maximum atomic E-state index is 4.24. The van der Waals surface area contributed by atoms with E-state index in [0.717, 1.165) is 12.2 Å². The summed E-state index contributed by atoms with van der Waals surface area (Å²) in [6, 6.07) is 0. The van der Waals surface area contributed by atoms with Gasteiger partial charge in [0.15, 0.2) is 0 Å². The van der Waals surface area contributed by atoms with Crippen molar-refractivity contribution in [3.8, 4) is 0 Å². The molecule has 0 N–H and O–H groups in total. The number of nitrogens with zero attached hydrogens (tertiary/aromatic N) is 2. The Morgan fingerprint density at radius 1 is 1.78 bits per heavy atom. The quantitative estimate of drug-likeness (QED) is 0.680. The van der Waals surface area contributed by atoms with Gasteiger partial charge in [0.25, 0.3) is 0 Å². The monoisotopic (exact) mass is 236 g/mol. The number of hydrogen-bond donors (Lipinski definition) is 0. The molecule has 0 aliphatic carbocycles. The van der Waals surface area contributed by atoms with Crippen LogP contribution in [0.15, 0.2) is 6.20 Å². The molecule has 0 radical (unpaired) electrons. The van der Waals surface area contributed by atoms with Crippen molar-refractivity contribution >= 4 is 22.6 Å². The van der Waals surface area contributed by atoms with Crippen LogP contribution in [0.25, 0.3) is 0 Å². The van der Waals surface area contributed by atoms with Gasteiger partial charge in [0.1, 0.15) is 0 Å². The van der Waals surface area contributed by atoms with E-state index in [2.05, 4.69) is 40.8 Å². The molecule has 1 heterocycles. The van der Waals surface area contributed by atoms with Gasteiger partial charge in [-0.15, -0.1) is 0 Å². The zero-order valence-electron chi connectivity index (χ0n) is 5.56. The molecular weight excluding hydrogens is 227 g/mol. The first kappa shape index (κ1) is 7.05. The fourth-order valence-corrected chi connectivity index (χ4v) is 1.08. The van der Waals surface area contributed by atoms with E-state index in [-0.39, 0.29) is 0 Å². The van der Waals surface area contributed by atoms with E-state index in [1.807, 2.05) is 11.6 Å². The summed E-state index contributed by atoms with van der Waals surface area (Å²) in [6.45, 7) is 5.07. The Hall–Kier alpha value is -0.0600. The molecule has 0 amide bonds. The third-order valence-electron chi connectivity index (χ3n) is 1.21. The van der Waals surface area contributed by atoms with Crippen LogP contribution in [0.5, 0.6) is 0 Å². The Balaban J connectivity index is 2.98. The third kappa shape index (κ3) is 1.44. The molecule has 0 atom stereocenters. The Morgan fingerprint density at radius 3 is 2.67 bits per heavy atom. The lowest BCUT2D eigenvalue weighted by atomic mass is 10.5. The van der Waals surface area contributed by atoms with Crippen LogP contribution in [0, 0.1) is 10.5 Å². The van der Waals surface area contributed by atoms with Crippen LogP contribution < -0.4 is 0 Å². The Bertz CT molecular complexity index is 185. The largest absolute Gasteiger partial charge is 0.272 e. The van der Waals surface area contributed by atoms with Gasteiger partial charge in [0.2, 0.25) is 0 Å². The van der Waals surface area contributed by atoms with Crippen molar-refractivity contribution in [2.24, 2.45) is 0 Å². The molecule has 0 fully saturated rings. The fourth-order valence-electron chi connectivity index (χ4n) is 0.656. The number of hydrogen-bond acceptors (Lipinski definition) is 1. The summed E-state index contributed by atoms with van der Waals surface area (Å²) >= 11 is 2.29. The van der Waals surface area contributed by atoms with Crippen LogP contribution in [-0.4, -0.2) is 9.78 Å². The molecule has 1 rings (SSSR count). The van der Waals surface area contributed by atoms with Gasteiger partial charge in [-0.1, -0.05) is 0 Å². The summed E-state index contributed by atoms with van der Waals surface area (Å²) in [7, 11) is 0. The molecule has 0 aliphatic heterocycles. The van der Waals surface area contributed by atoms with Gasteiger partial charge in [0, 0.05) is 12.7 Å². The summed E-state index contributed by atoms with van der Waals surface area (Å²) in [5.41, 5.74) is 1.12. The minimum atomic E-state index is 0.962. The predicted octanol–water partition coefficient (Wildman–Crippen LogP) is 1.82. The van der Waals surface area contributed by atoms with Crippen molar-refractivity contribution < 1.29 is 0 Å². The maximum Gasteiger partial charge on any atom is 0.0727 e. The molecule has 2 nitrogen and oxygen atoms in total. The highest BCUT2D eigenvalue weighted by atomic mass is 127. The highest BCUT2D eigenvalue weighted by molar-refractivity contribution is 14.1. The summed E-state index contributed by atoms with van der Waals surface area (Å²) < 4.78 is 3.19. The van der Waals surface area contributed by atoms with E-state index in [9.17, 15) is 0 Å².